The van der Waals surface area contributed by atoms with Crippen LogP contribution < -0.4 is 5.56 Å². The van der Waals surface area contributed by atoms with E-state index in [2.05, 4.69) is 37.5 Å². The van der Waals surface area contributed by atoms with Crippen LogP contribution in [0.3, 0.4) is 0 Å². The first-order valence-electron chi connectivity index (χ1n) is 12.9. The molecule has 9 heteroatoms. The summed E-state index contributed by atoms with van der Waals surface area (Å²) < 4.78 is 7.04. The summed E-state index contributed by atoms with van der Waals surface area (Å²) in [7, 11) is 1.64. The van der Waals surface area contributed by atoms with Gasteiger partial charge in [0.25, 0.3) is 5.56 Å². The van der Waals surface area contributed by atoms with E-state index >= 15 is 0 Å². The second-order valence-corrected chi connectivity index (χ2v) is 10.0. The van der Waals surface area contributed by atoms with Crippen molar-refractivity contribution >= 4 is 22.5 Å². The number of rotatable bonds is 11. The minimum Gasteiger partial charge on any atom is -0.383 e. The van der Waals surface area contributed by atoms with E-state index < -0.39 is 6.04 Å². The lowest BCUT2D eigenvalue weighted by Gasteiger charge is -2.31. The van der Waals surface area contributed by atoms with Crippen molar-refractivity contribution in [1.29, 1.82) is 0 Å². The maximum Gasteiger partial charge on any atom is 0.253 e. The van der Waals surface area contributed by atoms with Crippen molar-refractivity contribution in [2.75, 3.05) is 20.3 Å². The number of halogens is 1. The van der Waals surface area contributed by atoms with Crippen LogP contribution in [0.5, 0.6) is 0 Å². The van der Waals surface area contributed by atoms with Gasteiger partial charge in [-0.3, -0.25) is 9.69 Å². The zero-order chi connectivity index (χ0) is 27.2. The number of nitrogens with zero attached hydrogens (tertiary/aromatic N) is 5. The van der Waals surface area contributed by atoms with Crippen molar-refractivity contribution < 1.29 is 4.74 Å². The van der Waals surface area contributed by atoms with Gasteiger partial charge in [-0.2, -0.15) is 0 Å². The molecule has 0 amide bonds. The minimum absolute atomic E-state index is 0.163. The highest BCUT2D eigenvalue weighted by atomic mass is 35.5. The summed E-state index contributed by atoms with van der Waals surface area (Å²) in [5, 5.41) is 14.3. The molecule has 3 aromatic carbocycles. The Labute approximate surface area is 232 Å². The Bertz CT molecular complexity index is 1580. The number of fused-ring (bicyclic) bond motifs is 1. The molecule has 1 N–H and O–H groups in total. The van der Waals surface area contributed by atoms with Crippen molar-refractivity contribution in [3.63, 3.8) is 0 Å². The number of tetrazole rings is 1. The minimum atomic E-state index is -0.509. The molecule has 0 aliphatic heterocycles. The fraction of sp³-hybridized carbons (Fsp3) is 0.267. The number of aromatic nitrogens is 5. The molecular formula is C30H31ClN6O2. The third kappa shape index (κ3) is 6.25. The first-order valence-corrected chi connectivity index (χ1v) is 13.3. The summed E-state index contributed by atoms with van der Waals surface area (Å²) in [6.45, 7) is 4.14. The maximum atomic E-state index is 13.7. The maximum absolute atomic E-state index is 13.7. The lowest BCUT2D eigenvalue weighted by Crippen LogP contribution is -2.36. The van der Waals surface area contributed by atoms with Gasteiger partial charge < -0.3 is 9.72 Å². The van der Waals surface area contributed by atoms with Gasteiger partial charge in [-0.05, 0) is 64.0 Å². The molecular weight excluding hydrogens is 512 g/mol. The molecule has 0 saturated heterocycles. The zero-order valence-electron chi connectivity index (χ0n) is 22.0. The van der Waals surface area contributed by atoms with E-state index in [1.807, 2.05) is 73.7 Å². The number of aryl methyl sites for hydroxylation is 1. The van der Waals surface area contributed by atoms with Crippen LogP contribution in [0.1, 0.15) is 34.1 Å². The van der Waals surface area contributed by atoms with Crippen LogP contribution in [-0.4, -0.2) is 50.4 Å². The van der Waals surface area contributed by atoms with E-state index in [-0.39, 0.29) is 5.56 Å². The van der Waals surface area contributed by atoms with Crippen molar-refractivity contribution in [3.8, 4) is 0 Å². The number of hydrogen-bond donors (Lipinski definition) is 1. The Morgan fingerprint density at radius 2 is 1.82 bits per heavy atom. The second kappa shape index (κ2) is 12.3. The Morgan fingerprint density at radius 1 is 1.03 bits per heavy atom. The van der Waals surface area contributed by atoms with Crippen molar-refractivity contribution in [3.05, 3.63) is 122 Å². The number of H-pyrrole nitrogens is 1. The summed E-state index contributed by atoms with van der Waals surface area (Å²) in [4.78, 5) is 19.1. The average molecular weight is 543 g/mol. The molecule has 5 aromatic rings. The van der Waals surface area contributed by atoms with Crippen LogP contribution in [0.2, 0.25) is 5.02 Å². The van der Waals surface area contributed by atoms with Gasteiger partial charge in [0.15, 0.2) is 5.82 Å². The Hall–Kier alpha value is -3.85. The number of aromatic amines is 1. The molecule has 5 rings (SSSR count). The van der Waals surface area contributed by atoms with Gasteiger partial charge in [0.2, 0.25) is 0 Å². The lowest BCUT2D eigenvalue weighted by molar-refractivity contribution is 0.172. The summed E-state index contributed by atoms with van der Waals surface area (Å²) >= 11 is 6.19. The molecule has 200 valence electrons. The average Bonchev–Trinajstić information content (AvgIpc) is 3.41. The van der Waals surface area contributed by atoms with E-state index in [1.165, 1.54) is 5.56 Å². The molecule has 2 aromatic heterocycles. The predicted octanol–water partition coefficient (Wildman–Crippen LogP) is 4.96. The number of para-hydroxylation sites is 1. The van der Waals surface area contributed by atoms with Crippen LogP contribution in [0.4, 0.5) is 0 Å². The van der Waals surface area contributed by atoms with E-state index in [1.54, 1.807) is 11.8 Å². The van der Waals surface area contributed by atoms with Crippen LogP contribution in [0.25, 0.3) is 10.9 Å². The molecule has 1 atom stereocenters. The number of ether oxygens (including phenoxy) is 1. The highest BCUT2D eigenvalue weighted by Gasteiger charge is 2.30. The van der Waals surface area contributed by atoms with E-state index in [9.17, 15) is 4.79 Å². The smallest absolute Gasteiger partial charge is 0.253 e. The molecule has 39 heavy (non-hydrogen) atoms. The van der Waals surface area contributed by atoms with Gasteiger partial charge in [0, 0.05) is 30.8 Å². The van der Waals surface area contributed by atoms with Crippen molar-refractivity contribution in [2.45, 2.75) is 32.5 Å². The summed E-state index contributed by atoms with van der Waals surface area (Å²) in [6.07, 6.45) is 0.787. The molecule has 0 aliphatic rings. The molecule has 8 nitrogen and oxygen atoms in total. The first kappa shape index (κ1) is 26.7. The monoisotopic (exact) mass is 542 g/mol. The van der Waals surface area contributed by atoms with Crippen LogP contribution >= 0.6 is 11.6 Å². The van der Waals surface area contributed by atoms with Crippen LogP contribution in [0.15, 0.2) is 83.7 Å². The van der Waals surface area contributed by atoms with Crippen LogP contribution in [0, 0.1) is 6.92 Å². The van der Waals surface area contributed by atoms with Gasteiger partial charge >= 0.3 is 0 Å². The number of hydrogen-bond acceptors (Lipinski definition) is 6. The topological polar surface area (TPSA) is 88.9 Å². The highest BCUT2D eigenvalue weighted by Crippen LogP contribution is 2.29. The van der Waals surface area contributed by atoms with Gasteiger partial charge in [-0.25, -0.2) is 4.68 Å². The third-order valence-corrected chi connectivity index (χ3v) is 7.17. The molecule has 0 aliphatic carbocycles. The predicted molar refractivity (Wildman–Crippen MR) is 153 cm³/mol. The number of benzene rings is 3. The molecule has 0 unspecified atom stereocenters. The number of nitrogens with one attached hydrogen (secondary N) is 1. The molecule has 0 spiro atoms. The molecule has 0 fully saturated rings. The fourth-order valence-electron chi connectivity index (χ4n) is 4.89. The normalized spacial score (nSPS) is 12.3. The van der Waals surface area contributed by atoms with E-state index in [4.69, 9.17) is 16.3 Å². The highest BCUT2D eigenvalue weighted by molar-refractivity contribution is 6.30. The SMILES string of the molecule is COCCn1nnnc1[C@@H](c1cc2cccc(C)c2[nH]c1=O)N(CCc1ccccc1)Cc1ccc(Cl)cc1. The molecule has 0 radical (unpaired) electrons. The van der Waals surface area contributed by atoms with Gasteiger partial charge in [-0.15, -0.1) is 5.10 Å². The second-order valence-electron chi connectivity index (χ2n) is 9.58. The van der Waals surface area contributed by atoms with Gasteiger partial charge in [-0.1, -0.05) is 72.3 Å². The Kier molecular flexibility index (Phi) is 8.46. The van der Waals surface area contributed by atoms with E-state index in [0.717, 1.165) is 28.5 Å². The van der Waals surface area contributed by atoms with Gasteiger partial charge in [0.1, 0.15) is 6.04 Å². The van der Waals surface area contributed by atoms with Crippen molar-refractivity contribution in [2.24, 2.45) is 0 Å². The lowest BCUT2D eigenvalue weighted by atomic mass is 10.0. The quantitative estimate of drug-likeness (QED) is 0.254. The molecule has 0 saturated carbocycles. The van der Waals surface area contributed by atoms with Crippen molar-refractivity contribution in [1.82, 2.24) is 30.1 Å². The Morgan fingerprint density at radius 3 is 2.59 bits per heavy atom. The number of pyridine rings is 1. The van der Waals surface area contributed by atoms with Gasteiger partial charge in [0.05, 0.1) is 18.7 Å². The molecule has 2 heterocycles. The first-order chi connectivity index (χ1) is 19.0. The third-order valence-electron chi connectivity index (χ3n) is 6.92. The largest absolute Gasteiger partial charge is 0.383 e. The van der Waals surface area contributed by atoms with Crippen LogP contribution in [-0.2, 0) is 24.2 Å². The summed E-state index contributed by atoms with van der Waals surface area (Å²) in [6, 6.07) is 25.6. The van der Waals surface area contributed by atoms with E-state index in [0.29, 0.717) is 42.7 Å². The summed E-state index contributed by atoms with van der Waals surface area (Å²) in [5.74, 6) is 0.589. The Balaban J connectivity index is 1.64. The zero-order valence-corrected chi connectivity index (χ0v) is 22.8. The summed E-state index contributed by atoms with van der Waals surface area (Å²) in [5.41, 5.74) is 4.55. The fourth-order valence-corrected chi connectivity index (χ4v) is 5.01. The number of methoxy groups -OCH3 is 1. The standard InChI is InChI=1S/C30H31ClN6O2/c1-21-7-6-10-24-19-26(30(38)32-27(21)24)28(29-33-34-35-37(29)17-18-39-2)36(16-15-22-8-4-3-5-9-22)20-23-11-13-25(31)14-12-23/h3-14,19,28H,15-18,20H2,1-2H3,(H,32,38)/t28-/m1/s1. The molecule has 0 bridgehead atoms.